The number of allylic oxidation sites excluding steroid dienone is 5. The lowest BCUT2D eigenvalue weighted by molar-refractivity contribution is 0.0524. The predicted molar refractivity (Wildman–Crippen MR) is 109 cm³/mol. The van der Waals surface area contributed by atoms with E-state index in [9.17, 15) is 9.18 Å². The highest BCUT2D eigenvalue weighted by Gasteiger charge is 2.24. The second kappa shape index (κ2) is 9.09. The summed E-state index contributed by atoms with van der Waals surface area (Å²) < 4.78 is 24.8. The van der Waals surface area contributed by atoms with Crippen LogP contribution in [-0.2, 0) is 4.74 Å². The third-order valence-corrected chi connectivity index (χ3v) is 5.41. The first kappa shape index (κ1) is 20.2. The van der Waals surface area contributed by atoms with Crippen molar-refractivity contribution in [3.63, 3.8) is 0 Å². The van der Waals surface area contributed by atoms with Crippen LogP contribution in [-0.4, -0.2) is 18.7 Å². The molecule has 1 saturated carbocycles. The molecule has 3 rings (SSSR count). The van der Waals surface area contributed by atoms with Gasteiger partial charge in [-0.2, -0.15) is 0 Å². The molecule has 0 radical (unpaired) electrons. The highest BCUT2D eigenvalue weighted by atomic mass is 19.1. The molecule has 0 aliphatic heterocycles. The van der Waals surface area contributed by atoms with Crippen LogP contribution >= 0.6 is 0 Å². The molecule has 1 aromatic heterocycles. The number of ether oxygens (including phenoxy) is 1. The van der Waals surface area contributed by atoms with E-state index in [4.69, 9.17) is 14.9 Å². The van der Waals surface area contributed by atoms with Crippen molar-refractivity contribution in [2.75, 3.05) is 6.61 Å². The number of hydrogen-bond acceptors (Lipinski definition) is 4. The van der Waals surface area contributed by atoms with Gasteiger partial charge in [-0.15, -0.1) is 0 Å². The highest BCUT2D eigenvalue weighted by molar-refractivity contribution is 5.96. The Morgan fingerprint density at radius 2 is 2.21 bits per heavy atom. The van der Waals surface area contributed by atoms with Gasteiger partial charge in [0.05, 0.1) is 6.61 Å². The van der Waals surface area contributed by atoms with Crippen LogP contribution in [0.3, 0.4) is 0 Å². The predicted octanol–water partition coefficient (Wildman–Crippen LogP) is 3.75. The number of esters is 1. The third-order valence-electron chi connectivity index (χ3n) is 5.41. The number of rotatable bonds is 6. The van der Waals surface area contributed by atoms with Gasteiger partial charge >= 0.3 is 5.97 Å². The Bertz CT molecular complexity index is 932. The van der Waals surface area contributed by atoms with Gasteiger partial charge in [0.15, 0.2) is 0 Å². The number of furan rings is 1. The average molecular weight is 385 g/mol. The topological polar surface area (TPSA) is 65.5 Å². The molecular weight excluding hydrogens is 357 g/mol. The monoisotopic (exact) mass is 385 g/mol. The Morgan fingerprint density at radius 3 is 2.75 bits per heavy atom. The molecule has 1 aromatic rings. The molecular formula is C23H28FNO3. The highest BCUT2D eigenvalue weighted by Crippen LogP contribution is 2.34. The van der Waals surface area contributed by atoms with E-state index in [1.54, 1.807) is 25.3 Å². The molecule has 0 bridgehead atoms. The van der Waals surface area contributed by atoms with Gasteiger partial charge in [-0.1, -0.05) is 24.6 Å². The zero-order valence-electron chi connectivity index (χ0n) is 16.5. The summed E-state index contributed by atoms with van der Waals surface area (Å²) in [6.45, 7) is 3.90. The maximum Gasteiger partial charge on any atom is 0.342 e. The van der Waals surface area contributed by atoms with Gasteiger partial charge in [0, 0.05) is 17.2 Å². The summed E-state index contributed by atoms with van der Waals surface area (Å²) in [5.74, 6) is 0.528. The number of halogens is 1. The fraction of sp³-hybridized carbons (Fsp3) is 0.435. The molecule has 0 amide bonds. The summed E-state index contributed by atoms with van der Waals surface area (Å²) in [5, 5.41) is 0.714. The van der Waals surface area contributed by atoms with Crippen LogP contribution in [0.5, 0.6) is 0 Å². The van der Waals surface area contributed by atoms with E-state index in [1.807, 2.05) is 19.1 Å². The van der Waals surface area contributed by atoms with E-state index in [-0.39, 0.29) is 13.0 Å². The molecule has 0 aromatic carbocycles. The summed E-state index contributed by atoms with van der Waals surface area (Å²) in [5.41, 5.74) is 8.73. The zero-order chi connectivity index (χ0) is 20.1. The van der Waals surface area contributed by atoms with Gasteiger partial charge in [-0.3, -0.25) is 0 Å². The molecule has 1 fully saturated rings. The minimum atomic E-state index is -1.01. The Balaban J connectivity index is 2.08. The second-order valence-corrected chi connectivity index (χ2v) is 7.14. The summed E-state index contributed by atoms with van der Waals surface area (Å²) in [4.78, 5) is 12.8. The van der Waals surface area contributed by atoms with Crippen LogP contribution in [0.4, 0.5) is 4.39 Å². The van der Waals surface area contributed by atoms with Crippen molar-refractivity contribution >= 4 is 23.7 Å². The maximum absolute atomic E-state index is 13.5. The summed E-state index contributed by atoms with van der Waals surface area (Å²) >= 11 is 0. The van der Waals surface area contributed by atoms with Crippen molar-refractivity contribution in [1.82, 2.24) is 0 Å². The summed E-state index contributed by atoms with van der Waals surface area (Å²) in [6.07, 6.45) is 13.9. The molecule has 5 heteroatoms. The van der Waals surface area contributed by atoms with Crippen LogP contribution in [0.2, 0.25) is 0 Å². The van der Waals surface area contributed by atoms with Gasteiger partial charge in [-0.05, 0) is 63.0 Å². The number of carbonyl (C=O) groups excluding carboxylic acids is 1. The van der Waals surface area contributed by atoms with Gasteiger partial charge in [0.1, 0.15) is 22.9 Å². The van der Waals surface area contributed by atoms with Crippen LogP contribution in [0.15, 0.2) is 34.4 Å². The standard InChI is InChI=1S/C23H28FNO3/c1-3-20-19(13-10-17(14-25)15-6-5-7-15)21(23(26)27-4-2)22(28-20)16-8-11-18(24)12-9-16/h3,8-9,11,13-15,18H,4-7,10,12,25H2,1-2H3/b17-14-,19-13+,20-3+. The minimum absolute atomic E-state index is 0.265. The van der Waals surface area contributed by atoms with E-state index in [0.717, 1.165) is 12.8 Å². The van der Waals surface area contributed by atoms with Crippen molar-refractivity contribution in [1.29, 1.82) is 0 Å². The first-order valence-corrected chi connectivity index (χ1v) is 9.98. The average Bonchev–Trinajstić information content (AvgIpc) is 3.02. The molecule has 1 heterocycles. The van der Waals surface area contributed by atoms with Crippen LogP contribution < -0.4 is 16.4 Å². The lowest BCUT2D eigenvalue weighted by Crippen LogP contribution is -2.27. The molecule has 28 heavy (non-hydrogen) atoms. The SMILES string of the molecule is C/C=c1/oc(C2=CCC(F)C=C2)c(C(=O)OCC)/c1=C/C/C(=C/N)C1CCC1. The molecule has 0 saturated heterocycles. The molecule has 2 aliphatic carbocycles. The fourth-order valence-electron chi connectivity index (χ4n) is 3.62. The minimum Gasteiger partial charge on any atom is -0.462 e. The number of alkyl halides is 1. The third kappa shape index (κ3) is 4.13. The van der Waals surface area contributed by atoms with Crippen LogP contribution in [0.25, 0.3) is 17.7 Å². The van der Waals surface area contributed by atoms with E-state index in [2.05, 4.69) is 0 Å². The van der Waals surface area contributed by atoms with Gasteiger partial charge in [0.25, 0.3) is 0 Å². The van der Waals surface area contributed by atoms with Gasteiger partial charge in [-0.25, -0.2) is 9.18 Å². The molecule has 2 N–H and O–H groups in total. The van der Waals surface area contributed by atoms with Gasteiger partial charge < -0.3 is 14.9 Å². The summed E-state index contributed by atoms with van der Waals surface area (Å²) in [7, 11) is 0. The van der Waals surface area contributed by atoms with Crippen LogP contribution in [0.1, 0.15) is 62.1 Å². The first-order chi connectivity index (χ1) is 13.6. The molecule has 1 atom stereocenters. The Hall–Kier alpha value is -2.56. The second-order valence-electron chi connectivity index (χ2n) is 7.14. The Morgan fingerprint density at radius 1 is 1.43 bits per heavy atom. The van der Waals surface area contributed by atoms with Crippen molar-refractivity contribution in [2.45, 2.75) is 52.1 Å². The summed E-state index contributed by atoms with van der Waals surface area (Å²) in [6, 6.07) is 0. The first-order valence-electron chi connectivity index (χ1n) is 9.98. The zero-order valence-corrected chi connectivity index (χ0v) is 16.5. The largest absolute Gasteiger partial charge is 0.462 e. The van der Waals surface area contributed by atoms with Crippen LogP contribution in [0, 0.1) is 5.92 Å². The Labute approximate surface area is 164 Å². The van der Waals surface area contributed by atoms with E-state index >= 15 is 0 Å². The van der Waals surface area contributed by atoms with Crippen molar-refractivity contribution < 1.29 is 18.3 Å². The van der Waals surface area contributed by atoms with E-state index < -0.39 is 12.1 Å². The molecule has 4 nitrogen and oxygen atoms in total. The normalized spacial score (nSPS) is 21.6. The number of hydrogen-bond donors (Lipinski definition) is 1. The van der Waals surface area contributed by atoms with Crippen molar-refractivity contribution in [2.24, 2.45) is 11.7 Å². The quantitative estimate of drug-likeness (QED) is 0.758. The Kier molecular flexibility index (Phi) is 6.55. The maximum atomic E-state index is 13.5. The van der Waals surface area contributed by atoms with Crippen molar-refractivity contribution in [3.05, 3.63) is 52.0 Å². The number of nitrogens with two attached hydrogens (primary N) is 1. The number of carbonyl (C=O) groups is 1. The van der Waals surface area contributed by atoms with Crippen molar-refractivity contribution in [3.8, 4) is 0 Å². The molecule has 2 aliphatic rings. The molecule has 0 spiro atoms. The lowest BCUT2D eigenvalue weighted by Gasteiger charge is -2.27. The van der Waals surface area contributed by atoms with E-state index in [0.29, 0.717) is 39.9 Å². The molecule has 1 unspecified atom stereocenters. The van der Waals surface area contributed by atoms with Gasteiger partial charge in [0.2, 0.25) is 0 Å². The van der Waals surface area contributed by atoms with E-state index in [1.165, 1.54) is 18.1 Å². The smallest absolute Gasteiger partial charge is 0.342 e. The molecule has 150 valence electrons. The fourth-order valence-corrected chi connectivity index (χ4v) is 3.62. The lowest BCUT2D eigenvalue weighted by atomic mass is 9.79.